The second kappa shape index (κ2) is 16.8. The summed E-state index contributed by atoms with van der Waals surface area (Å²) in [7, 11) is 4.67. The van der Waals surface area contributed by atoms with Crippen LogP contribution in [-0.2, 0) is 39.2 Å². The molecule has 0 radical (unpaired) electrons. The van der Waals surface area contributed by atoms with Crippen molar-refractivity contribution in [2.24, 2.45) is 0 Å². The molecule has 274 valence electrons. The first-order valence-corrected chi connectivity index (χ1v) is 17.3. The highest BCUT2D eigenvalue weighted by molar-refractivity contribution is 5.88. The molecule has 9 nitrogen and oxygen atoms in total. The van der Waals surface area contributed by atoms with Crippen LogP contribution in [0, 0.1) is 0 Å². The first-order chi connectivity index (χ1) is 25.4. The van der Waals surface area contributed by atoms with Crippen molar-refractivity contribution in [3.05, 3.63) is 131 Å². The van der Waals surface area contributed by atoms with Gasteiger partial charge >= 0.3 is 0 Å². The lowest BCUT2D eigenvalue weighted by atomic mass is 9.80. The second-order valence-corrected chi connectivity index (χ2v) is 12.7. The van der Waals surface area contributed by atoms with Crippen molar-refractivity contribution in [1.29, 1.82) is 0 Å². The van der Waals surface area contributed by atoms with Gasteiger partial charge in [-0.1, -0.05) is 66.7 Å². The molecule has 1 N–H and O–H groups in total. The largest absolute Gasteiger partial charge is 0.493 e. The number of nitrogens with one attached hydrogen (secondary N) is 1. The summed E-state index contributed by atoms with van der Waals surface area (Å²) in [5.74, 6) is 2.03. The maximum absolute atomic E-state index is 15.2. The summed E-state index contributed by atoms with van der Waals surface area (Å²) in [6, 6.07) is 28.4. The van der Waals surface area contributed by atoms with E-state index in [1.165, 1.54) is 7.11 Å². The number of nitrogens with zero attached hydrogens (tertiary/aromatic N) is 1. The van der Waals surface area contributed by atoms with E-state index in [1.807, 2.05) is 84.9 Å². The lowest BCUT2D eigenvalue weighted by Gasteiger charge is -2.47. The van der Waals surface area contributed by atoms with Crippen molar-refractivity contribution < 1.29 is 42.0 Å². The topological polar surface area (TPSA) is 87.7 Å². The van der Waals surface area contributed by atoms with E-state index in [4.69, 9.17) is 28.4 Å². The predicted octanol–water partition coefficient (Wildman–Crippen LogP) is 7.34. The van der Waals surface area contributed by atoms with E-state index in [0.717, 1.165) is 27.8 Å². The van der Waals surface area contributed by atoms with E-state index in [1.54, 1.807) is 26.5 Å². The normalized spacial score (nSPS) is 16.7. The molecule has 2 unspecified atom stereocenters. The zero-order chi connectivity index (χ0) is 36.5. The number of methoxy groups -OCH3 is 3. The van der Waals surface area contributed by atoms with Crippen LogP contribution in [0.1, 0.15) is 46.7 Å². The minimum absolute atomic E-state index is 0.0500. The van der Waals surface area contributed by atoms with E-state index in [9.17, 15) is 8.78 Å². The summed E-state index contributed by atoms with van der Waals surface area (Å²) in [5, 5.41) is 3.27. The number of rotatable bonds is 15. The van der Waals surface area contributed by atoms with Crippen LogP contribution in [0.25, 0.3) is 0 Å². The van der Waals surface area contributed by atoms with E-state index >= 15 is 4.79 Å². The van der Waals surface area contributed by atoms with E-state index in [0.29, 0.717) is 55.4 Å². The Morgan fingerprint density at radius 3 is 2.27 bits per heavy atom. The molecule has 0 aliphatic carbocycles. The molecule has 11 heteroatoms. The number of hydrogen-bond acceptors (Lipinski definition) is 8. The van der Waals surface area contributed by atoms with E-state index < -0.39 is 24.6 Å². The van der Waals surface area contributed by atoms with Crippen molar-refractivity contribution in [2.45, 2.75) is 50.2 Å². The van der Waals surface area contributed by atoms with Gasteiger partial charge in [0, 0.05) is 25.6 Å². The third kappa shape index (κ3) is 7.94. The number of amides is 1. The molecule has 4 aromatic rings. The van der Waals surface area contributed by atoms with Crippen LogP contribution in [0.4, 0.5) is 8.78 Å². The van der Waals surface area contributed by atoms with Crippen molar-refractivity contribution in [1.82, 2.24) is 10.2 Å². The molecule has 2 aliphatic heterocycles. The third-order valence-corrected chi connectivity index (χ3v) is 9.62. The van der Waals surface area contributed by atoms with Crippen molar-refractivity contribution >= 4 is 5.91 Å². The molecule has 2 atom stereocenters. The number of fused-ring (bicyclic) bond motifs is 1. The maximum Gasteiger partial charge on any atom is 0.272 e. The Balaban J connectivity index is 1.56. The fraction of sp³-hybridized carbons (Fsp3) is 0.341. The van der Waals surface area contributed by atoms with Crippen LogP contribution >= 0.6 is 0 Å². The summed E-state index contributed by atoms with van der Waals surface area (Å²) in [6.07, 6.45) is 0.818. The monoisotopic (exact) mass is 714 g/mol. The number of aryl methyl sites for hydroxylation is 1. The first-order valence-electron chi connectivity index (χ1n) is 17.3. The first kappa shape index (κ1) is 36.5. The van der Waals surface area contributed by atoms with Crippen molar-refractivity contribution in [3.8, 4) is 23.0 Å². The Labute approximate surface area is 303 Å². The minimum atomic E-state index is -2.68. The van der Waals surface area contributed by atoms with Gasteiger partial charge in [-0.15, -0.1) is 0 Å². The van der Waals surface area contributed by atoms with Gasteiger partial charge in [-0.05, 0) is 71.3 Å². The van der Waals surface area contributed by atoms with Gasteiger partial charge in [0.2, 0.25) is 12.7 Å². The molecule has 0 saturated carbocycles. The number of alkyl halides is 2. The Morgan fingerprint density at radius 1 is 0.885 bits per heavy atom. The highest BCUT2D eigenvalue weighted by Crippen LogP contribution is 2.47. The fourth-order valence-corrected chi connectivity index (χ4v) is 7.21. The average Bonchev–Trinajstić information content (AvgIpc) is 3.63. The van der Waals surface area contributed by atoms with Gasteiger partial charge in [-0.3, -0.25) is 9.69 Å². The molecule has 4 aromatic carbocycles. The highest BCUT2D eigenvalue weighted by atomic mass is 19.3. The predicted molar refractivity (Wildman–Crippen MR) is 192 cm³/mol. The summed E-state index contributed by atoms with van der Waals surface area (Å²) < 4.78 is 60.9. The number of ether oxygens (including phenoxy) is 6. The lowest BCUT2D eigenvalue weighted by Crippen LogP contribution is -2.58. The zero-order valence-corrected chi connectivity index (χ0v) is 29.6. The highest BCUT2D eigenvalue weighted by Gasteiger charge is 2.50. The summed E-state index contributed by atoms with van der Waals surface area (Å²) >= 11 is 0. The van der Waals surface area contributed by atoms with Gasteiger partial charge < -0.3 is 33.7 Å². The number of hydrogen-bond donors (Lipinski definition) is 1. The molecule has 0 spiro atoms. The van der Waals surface area contributed by atoms with Gasteiger partial charge in [0.15, 0.2) is 23.0 Å². The van der Waals surface area contributed by atoms with Gasteiger partial charge in [0.25, 0.3) is 6.43 Å². The molecule has 2 aliphatic rings. The number of carbonyl (C=O) groups excluding carboxylic acids is 1. The molecule has 1 amide bonds. The second-order valence-electron chi connectivity index (χ2n) is 12.7. The summed E-state index contributed by atoms with van der Waals surface area (Å²) in [5.41, 5.74) is 3.13. The zero-order valence-electron chi connectivity index (χ0n) is 29.6. The number of benzene rings is 4. The van der Waals surface area contributed by atoms with Gasteiger partial charge in [0.05, 0.1) is 21.3 Å². The van der Waals surface area contributed by atoms with Crippen LogP contribution in [0.2, 0.25) is 0 Å². The lowest BCUT2D eigenvalue weighted by molar-refractivity contribution is -0.138. The molecule has 0 saturated heterocycles. The fourth-order valence-electron chi connectivity index (χ4n) is 7.21. The van der Waals surface area contributed by atoms with Gasteiger partial charge in [-0.25, -0.2) is 8.78 Å². The molecule has 2 heterocycles. The number of carbonyl (C=O) groups is 1. The number of halogens is 2. The van der Waals surface area contributed by atoms with Crippen LogP contribution in [0.3, 0.4) is 0 Å². The standard InChI is InChI=1S/C41H44F2N2O7/c1-47-35-17-16-29(20-36(35)48-2)19-34-33-22-38(51-26-39(42)43)37(49-3)21-30(33)13-10-18-45(34)41(23-32-25-50-27-52-32,31-14-8-5-9-15-31)40(46)44-24-28-11-6-4-7-12-28/h4-9,11-12,14-17,20-22,25,34,39H,10,13,18-19,23-24,26-27H2,1-3H3,(H,44,46). The van der Waals surface area contributed by atoms with Crippen LogP contribution in [-0.4, -0.2) is 58.5 Å². The molecular weight excluding hydrogens is 670 g/mol. The van der Waals surface area contributed by atoms with Gasteiger partial charge in [-0.2, -0.15) is 0 Å². The maximum atomic E-state index is 15.2. The quantitative estimate of drug-likeness (QED) is 0.137. The van der Waals surface area contributed by atoms with Crippen LogP contribution < -0.4 is 24.3 Å². The smallest absolute Gasteiger partial charge is 0.272 e. The molecule has 0 bridgehead atoms. The molecule has 0 aromatic heterocycles. The van der Waals surface area contributed by atoms with Crippen molar-refractivity contribution in [2.75, 3.05) is 41.3 Å². The van der Waals surface area contributed by atoms with Crippen LogP contribution in [0.15, 0.2) is 103 Å². The Hall–Kier alpha value is -5.29. The SMILES string of the molecule is COc1ccc(CC2c3cc(OCC(F)F)c(OC)cc3CCCN2C(CC2=COCO2)(C(=O)NCc2ccccc2)c2ccccc2)cc1OC. The Morgan fingerprint density at radius 2 is 1.60 bits per heavy atom. The molecule has 6 rings (SSSR count). The molecule has 52 heavy (non-hydrogen) atoms. The summed E-state index contributed by atoms with van der Waals surface area (Å²) in [4.78, 5) is 17.5. The van der Waals surface area contributed by atoms with E-state index in [-0.39, 0.29) is 24.9 Å². The third-order valence-electron chi connectivity index (χ3n) is 9.62. The Bertz CT molecular complexity index is 1840. The van der Waals surface area contributed by atoms with E-state index in [2.05, 4.69) is 10.2 Å². The van der Waals surface area contributed by atoms with Crippen molar-refractivity contribution in [3.63, 3.8) is 0 Å². The van der Waals surface area contributed by atoms with Gasteiger partial charge in [0.1, 0.15) is 24.2 Å². The molecule has 0 fully saturated rings. The Kier molecular flexibility index (Phi) is 11.8. The molecular formula is C41H44F2N2O7. The minimum Gasteiger partial charge on any atom is -0.493 e. The van der Waals surface area contributed by atoms with Crippen LogP contribution in [0.5, 0.6) is 23.0 Å². The average molecular weight is 715 g/mol. The summed E-state index contributed by atoms with van der Waals surface area (Å²) in [6.45, 7) is 0.0666.